The molecule has 0 aromatic heterocycles. The third kappa shape index (κ3) is 10.5. The van der Waals surface area contributed by atoms with Gasteiger partial charge < -0.3 is 10.2 Å². The molecule has 3 rings (SSSR count). The molecule has 9 nitrogen and oxygen atoms in total. The van der Waals surface area contributed by atoms with Crippen LogP contribution in [0.4, 0.5) is 8.78 Å². The van der Waals surface area contributed by atoms with Crippen LogP contribution in [0.5, 0.6) is 0 Å². The molecule has 0 spiro atoms. The van der Waals surface area contributed by atoms with Gasteiger partial charge in [0.1, 0.15) is 11.6 Å². The Hall–Kier alpha value is -4.45. The van der Waals surface area contributed by atoms with Crippen LogP contribution in [0, 0.1) is 11.6 Å². The molecule has 2 N–H and O–H groups in total. The Kier molecular flexibility index (Phi) is 11.9. The highest BCUT2D eigenvalue weighted by molar-refractivity contribution is 7.90. The van der Waals surface area contributed by atoms with Crippen molar-refractivity contribution in [2.75, 3.05) is 6.54 Å². The van der Waals surface area contributed by atoms with Gasteiger partial charge in [-0.3, -0.25) is 19.2 Å². The number of benzene rings is 3. The number of nitrogens with one attached hydrogen (secondary N) is 2. The molecule has 3 amide bonds. The van der Waals surface area contributed by atoms with Crippen molar-refractivity contribution in [3.8, 4) is 0 Å². The van der Waals surface area contributed by atoms with E-state index in [4.69, 9.17) is 0 Å². The molecule has 0 unspecified atom stereocenters. The fraction of sp³-hybridized carbons (Fsp3) is 0.267. The number of sulfonamides is 1. The lowest BCUT2D eigenvalue weighted by atomic mass is 10.1. The minimum absolute atomic E-state index is 0.0155. The van der Waals surface area contributed by atoms with E-state index in [1.165, 1.54) is 65.6 Å². The average Bonchev–Trinajstić information content (AvgIpc) is 2.96. The van der Waals surface area contributed by atoms with Gasteiger partial charge >= 0.3 is 0 Å². The zero-order chi connectivity index (χ0) is 30.5. The molecule has 0 fully saturated rings. The quantitative estimate of drug-likeness (QED) is 0.156. The maximum atomic E-state index is 13.3. The molecule has 0 aliphatic heterocycles. The first-order valence-corrected chi connectivity index (χ1v) is 14.7. The standard InChI is InChI=1S/C30H31F2N3O6S/c31-24-14-10-22(11-15-24)20-35(21-23-12-16-25(32)17-13-23)29(38)19-27(36)30(39)33-18-6-2-5-9-28(37)34-42(40,41)26-7-3-1-4-8-26/h1,3-4,7-8,10-17H,2,5-6,9,18-21H2,(H,33,39)(H,34,37). The molecule has 0 radical (unpaired) electrons. The summed E-state index contributed by atoms with van der Waals surface area (Å²) in [5.74, 6) is -4.03. The highest BCUT2D eigenvalue weighted by atomic mass is 32.2. The van der Waals surface area contributed by atoms with E-state index in [1.807, 2.05) is 4.72 Å². The molecule has 222 valence electrons. The molecule has 3 aromatic rings. The van der Waals surface area contributed by atoms with Crippen molar-refractivity contribution >= 4 is 33.5 Å². The zero-order valence-electron chi connectivity index (χ0n) is 22.7. The normalized spacial score (nSPS) is 11.0. The summed E-state index contributed by atoms with van der Waals surface area (Å²) in [6.45, 7) is 0.217. The minimum Gasteiger partial charge on any atom is -0.349 e. The molecule has 0 saturated carbocycles. The molecular formula is C30H31F2N3O6S. The van der Waals surface area contributed by atoms with E-state index in [0.717, 1.165) is 0 Å². The number of halogens is 2. The Morgan fingerprint density at radius 1 is 0.714 bits per heavy atom. The Labute approximate surface area is 243 Å². The van der Waals surface area contributed by atoms with E-state index in [-0.39, 0.29) is 31.0 Å². The van der Waals surface area contributed by atoms with E-state index in [2.05, 4.69) is 5.32 Å². The fourth-order valence-corrected chi connectivity index (χ4v) is 4.96. The van der Waals surface area contributed by atoms with Crippen molar-refractivity contribution in [2.24, 2.45) is 0 Å². The first-order chi connectivity index (χ1) is 20.0. The number of rotatable bonds is 15. The molecule has 0 aliphatic rings. The summed E-state index contributed by atoms with van der Waals surface area (Å²) in [5.41, 5.74) is 1.21. The first-order valence-electron chi connectivity index (χ1n) is 13.2. The van der Waals surface area contributed by atoms with Crippen LogP contribution >= 0.6 is 0 Å². The highest BCUT2D eigenvalue weighted by Gasteiger charge is 2.23. The Morgan fingerprint density at radius 2 is 1.26 bits per heavy atom. The van der Waals surface area contributed by atoms with Crippen LogP contribution in [0.15, 0.2) is 83.8 Å². The molecule has 0 saturated heterocycles. The summed E-state index contributed by atoms with van der Waals surface area (Å²) in [7, 11) is -3.94. The van der Waals surface area contributed by atoms with E-state index in [1.54, 1.807) is 18.2 Å². The van der Waals surface area contributed by atoms with Gasteiger partial charge in [-0.15, -0.1) is 0 Å². The second-order valence-electron chi connectivity index (χ2n) is 9.51. The number of nitrogens with zero attached hydrogens (tertiary/aromatic N) is 1. The second-order valence-corrected chi connectivity index (χ2v) is 11.2. The van der Waals surface area contributed by atoms with E-state index in [0.29, 0.717) is 30.4 Å². The summed E-state index contributed by atoms with van der Waals surface area (Å²) in [6, 6.07) is 18.5. The second kappa shape index (κ2) is 15.5. The fourth-order valence-electron chi connectivity index (χ4n) is 3.93. The lowest BCUT2D eigenvalue weighted by Gasteiger charge is -2.23. The molecule has 0 heterocycles. The minimum atomic E-state index is -3.94. The SMILES string of the molecule is O=C(CCCCCNC(=O)C(=O)CC(=O)N(Cc1ccc(F)cc1)Cc1ccc(F)cc1)NS(=O)(=O)c1ccccc1. The van der Waals surface area contributed by atoms with Crippen LogP contribution in [0.3, 0.4) is 0 Å². The molecule has 12 heteroatoms. The third-order valence-corrected chi connectivity index (χ3v) is 7.55. The van der Waals surface area contributed by atoms with E-state index in [9.17, 15) is 36.4 Å². The molecular weight excluding hydrogens is 568 g/mol. The Balaban J connectivity index is 1.42. The predicted octanol–water partition coefficient (Wildman–Crippen LogP) is 3.63. The van der Waals surface area contributed by atoms with Gasteiger partial charge in [-0.05, 0) is 60.4 Å². The van der Waals surface area contributed by atoms with Crippen LogP contribution < -0.4 is 10.0 Å². The van der Waals surface area contributed by atoms with Crippen LogP contribution in [-0.2, 0) is 42.3 Å². The number of ketones is 1. The number of hydrogen-bond donors (Lipinski definition) is 2. The summed E-state index contributed by atoms with van der Waals surface area (Å²) in [6.07, 6.45) is 0.540. The highest BCUT2D eigenvalue weighted by Crippen LogP contribution is 2.14. The van der Waals surface area contributed by atoms with Gasteiger partial charge in [0.05, 0.1) is 11.3 Å². The van der Waals surface area contributed by atoms with Crippen LogP contribution in [0.2, 0.25) is 0 Å². The molecule has 42 heavy (non-hydrogen) atoms. The van der Waals surface area contributed by atoms with Crippen molar-refractivity contribution in [3.63, 3.8) is 0 Å². The number of carbonyl (C=O) groups excluding carboxylic acids is 4. The number of carbonyl (C=O) groups is 4. The van der Waals surface area contributed by atoms with Crippen LogP contribution in [0.1, 0.15) is 43.2 Å². The average molecular weight is 600 g/mol. The smallest absolute Gasteiger partial charge is 0.287 e. The van der Waals surface area contributed by atoms with Crippen molar-refractivity contribution in [3.05, 3.63) is 102 Å². The van der Waals surface area contributed by atoms with Crippen molar-refractivity contribution < 1.29 is 36.4 Å². The lowest BCUT2D eigenvalue weighted by Crippen LogP contribution is -2.37. The Bertz CT molecular complexity index is 1430. The topological polar surface area (TPSA) is 130 Å². The monoisotopic (exact) mass is 599 g/mol. The third-order valence-electron chi connectivity index (χ3n) is 6.16. The maximum absolute atomic E-state index is 13.3. The maximum Gasteiger partial charge on any atom is 0.287 e. The largest absolute Gasteiger partial charge is 0.349 e. The summed E-state index contributed by atoms with van der Waals surface area (Å²) in [5, 5.41) is 2.45. The van der Waals surface area contributed by atoms with Crippen LogP contribution in [-0.4, -0.2) is 43.4 Å². The molecule has 0 bridgehead atoms. The number of amides is 3. The van der Waals surface area contributed by atoms with Gasteiger partial charge in [0.15, 0.2) is 0 Å². The number of unbranched alkanes of at least 4 members (excludes halogenated alkanes) is 2. The van der Waals surface area contributed by atoms with E-state index < -0.39 is 51.6 Å². The molecule has 0 atom stereocenters. The Morgan fingerprint density at radius 3 is 1.81 bits per heavy atom. The van der Waals surface area contributed by atoms with Crippen molar-refractivity contribution in [2.45, 2.75) is 50.1 Å². The van der Waals surface area contributed by atoms with Gasteiger partial charge in [0.25, 0.3) is 15.9 Å². The van der Waals surface area contributed by atoms with E-state index >= 15 is 0 Å². The first kappa shape index (κ1) is 32.1. The van der Waals surface area contributed by atoms with Gasteiger partial charge in [-0.1, -0.05) is 48.9 Å². The zero-order valence-corrected chi connectivity index (χ0v) is 23.5. The summed E-state index contributed by atoms with van der Waals surface area (Å²) in [4.78, 5) is 51.0. The lowest BCUT2D eigenvalue weighted by molar-refractivity contribution is -0.143. The summed E-state index contributed by atoms with van der Waals surface area (Å²) >= 11 is 0. The number of Topliss-reactive ketones (excluding diaryl/α,β-unsaturated/α-hetero) is 1. The molecule has 0 aliphatic carbocycles. The van der Waals surface area contributed by atoms with Crippen molar-refractivity contribution in [1.29, 1.82) is 0 Å². The summed E-state index contributed by atoms with van der Waals surface area (Å²) < 4.78 is 53.0. The molecule has 3 aromatic carbocycles. The van der Waals surface area contributed by atoms with Gasteiger partial charge in [-0.2, -0.15) is 0 Å². The van der Waals surface area contributed by atoms with Crippen LogP contribution in [0.25, 0.3) is 0 Å². The number of hydrogen-bond acceptors (Lipinski definition) is 6. The van der Waals surface area contributed by atoms with Crippen molar-refractivity contribution in [1.82, 2.24) is 14.9 Å². The van der Waals surface area contributed by atoms with Gasteiger partial charge in [0, 0.05) is 26.1 Å². The van der Waals surface area contributed by atoms with Gasteiger partial charge in [0.2, 0.25) is 17.6 Å². The predicted molar refractivity (Wildman–Crippen MR) is 150 cm³/mol. The van der Waals surface area contributed by atoms with Gasteiger partial charge in [-0.25, -0.2) is 21.9 Å².